The Morgan fingerprint density at radius 2 is 0.950 bits per heavy atom. The van der Waals surface area contributed by atoms with Gasteiger partial charge in [-0.2, -0.15) is 0 Å². The highest BCUT2D eigenvalue weighted by Gasteiger charge is 2.16. The van der Waals surface area contributed by atoms with E-state index in [1.807, 2.05) is 18.6 Å². The normalized spacial score (nSPS) is 11.2. The van der Waals surface area contributed by atoms with Crippen molar-refractivity contribution in [1.29, 1.82) is 0 Å². The van der Waals surface area contributed by atoms with Crippen LogP contribution >= 0.6 is 0 Å². The van der Waals surface area contributed by atoms with Crippen molar-refractivity contribution in [3.63, 3.8) is 0 Å². The Morgan fingerprint density at radius 3 is 1.43 bits per heavy atom. The third-order valence-corrected chi connectivity index (χ3v) is 7.82. The van der Waals surface area contributed by atoms with Gasteiger partial charge in [-0.25, -0.2) is 0 Å². The van der Waals surface area contributed by atoms with Crippen LogP contribution in [0.1, 0.15) is 11.1 Å². The molecule has 2 nitrogen and oxygen atoms in total. The molecule has 0 aliphatic carbocycles. The summed E-state index contributed by atoms with van der Waals surface area (Å²) < 4.78 is 0. The molecule has 7 aromatic rings. The van der Waals surface area contributed by atoms with Crippen molar-refractivity contribution in [2.75, 3.05) is 0 Å². The summed E-state index contributed by atoms with van der Waals surface area (Å²) in [6.45, 7) is 4.18. The Balaban J connectivity index is 1.40. The molecular formula is C38H28N2. The molecule has 40 heavy (non-hydrogen) atoms. The highest BCUT2D eigenvalue weighted by Crippen LogP contribution is 2.44. The van der Waals surface area contributed by atoms with E-state index in [1.54, 1.807) is 0 Å². The Labute approximate surface area is 234 Å². The first-order valence-corrected chi connectivity index (χ1v) is 13.7. The maximum Gasteiger partial charge on any atom is 0.0702 e. The van der Waals surface area contributed by atoms with Crippen LogP contribution in [0.5, 0.6) is 0 Å². The quantitative estimate of drug-likeness (QED) is 0.219. The van der Waals surface area contributed by atoms with Crippen LogP contribution in [0.25, 0.3) is 66.2 Å². The second kappa shape index (κ2) is 9.91. The summed E-state index contributed by atoms with van der Waals surface area (Å²) in [5.74, 6) is 0. The lowest BCUT2D eigenvalue weighted by Crippen LogP contribution is -1.91. The number of fused-ring (bicyclic) bond motifs is 2. The molecule has 0 fully saturated rings. The van der Waals surface area contributed by atoms with Gasteiger partial charge in [0.25, 0.3) is 0 Å². The van der Waals surface area contributed by atoms with Crippen molar-refractivity contribution < 1.29 is 0 Å². The monoisotopic (exact) mass is 512 g/mol. The van der Waals surface area contributed by atoms with Gasteiger partial charge >= 0.3 is 0 Å². The highest BCUT2D eigenvalue weighted by atomic mass is 14.7. The van der Waals surface area contributed by atoms with E-state index in [9.17, 15) is 0 Å². The van der Waals surface area contributed by atoms with E-state index in [2.05, 4.69) is 139 Å². The minimum Gasteiger partial charge on any atom is -0.264 e. The van der Waals surface area contributed by atoms with Crippen molar-refractivity contribution >= 4 is 21.5 Å². The number of aromatic nitrogens is 2. The summed E-state index contributed by atoms with van der Waals surface area (Å²) in [6.07, 6.45) is 5.71. The van der Waals surface area contributed by atoms with Crippen LogP contribution in [0.2, 0.25) is 0 Å². The van der Waals surface area contributed by atoms with Gasteiger partial charge in [-0.3, -0.25) is 9.97 Å². The van der Waals surface area contributed by atoms with E-state index in [-0.39, 0.29) is 0 Å². The summed E-state index contributed by atoms with van der Waals surface area (Å²) in [4.78, 5) is 8.88. The zero-order valence-corrected chi connectivity index (χ0v) is 22.6. The summed E-state index contributed by atoms with van der Waals surface area (Å²) >= 11 is 0. The molecule has 0 amide bonds. The fourth-order valence-corrected chi connectivity index (χ4v) is 5.81. The number of hydrogen-bond acceptors (Lipinski definition) is 2. The molecule has 2 heteroatoms. The summed E-state index contributed by atoms with van der Waals surface area (Å²) in [5, 5.41) is 5.03. The van der Waals surface area contributed by atoms with Gasteiger partial charge in [0.1, 0.15) is 0 Å². The topological polar surface area (TPSA) is 25.8 Å². The zero-order chi connectivity index (χ0) is 27.1. The predicted molar refractivity (Wildman–Crippen MR) is 168 cm³/mol. The molecule has 2 aromatic heterocycles. The van der Waals surface area contributed by atoms with Crippen molar-refractivity contribution in [3.8, 4) is 44.6 Å². The highest BCUT2D eigenvalue weighted by molar-refractivity contribution is 6.21. The van der Waals surface area contributed by atoms with Crippen LogP contribution in [0.15, 0.2) is 134 Å². The number of hydrogen-bond donors (Lipinski definition) is 0. The lowest BCUT2D eigenvalue weighted by molar-refractivity contribution is 1.27. The molecule has 0 spiro atoms. The van der Waals surface area contributed by atoms with E-state index in [0.717, 1.165) is 11.3 Å². The van der Waals surface area contributed by atoms with Gasteiger partial charge in [-0.1, -0.05) is 103 Å². The fourth-order valence-electron chi connectivity index (χ4n) is 5.81. The Kier molecular flexibility index (Phi) is 5.94. The van der Waals surface area contributed by atoms with Crippen molar-refractivity contribution in [2.45, 2.75) is 13.8 Å². The molecule has 7 rings (SSSR count). The van der Waals surface area contributed by atoms with Crippen LogP contribution in [0, 0.1) is 13.8 Å². The number of aryl methyl sites for hydroxylation is 2. The van der Waals surface area contributed by atoms with Crippen molar-refractivity contribution in [2.24, 2.45) is 0 Å². The Morgan fingerprint density at radius 1 is 0.450 bits per heavy atom. The van der Waals surface area contributed by atoms with Gasteiger partial charge in [0.15, 0.2) is 0 Å². The average molecular weight is 513 g/mol. The molecule has 0 atom stereocenters. The summed E-state index contributed by atoms with van der Waals surface area (Å²) in [5.41, 5.74) is 11.9. The van der Waals surface area contributed by atoms with E-state index in [0.29, 0.717) is 0 Å². The first kappa shape index (κ1) is 24.0. The maximum atomic E-state index is 4.62. The number of rotatable bonds is 4. The second-order valence-electron chi connectivity index (χ2n) is 10.4. The fraction of sp³-hybridized carbons (Fsp3) is 0.0526. The van der Waals surface area contributed by atoms with Crippen LogP contribution in [0.3, 0.4) is 0 Å². The minimum absolute atomic E-state index is 0.993. The number of nitrogens with zero attached hydrogens (tertiary/aromatic N) is 2. The summed E-state index contributed by atoms with van der Waals surface area (Å²) in [6, 6.07) is 41.7. The van der Waals surface area contributed by atoms with E-state index in [4.69, 9.17) is 0 Å². The maximum absolute atomic E-state index is 4.62. The third-order valence-electron chi connectivity index (χ3n) is 7.82. The van der Waals surface area contributed by atoms with E-state index < -0.39 is 0 Å². The first-order valence-electron chi connectivity index (χ1n) is 13.7. The average Bonchev–Trinajstić information content (AvgIpc) is 3.01. The minimum atomic E-state index is 0.993. The SMILES string of the molecule is Cc1ccc(-c2ccc(-c3c4ccccc4c(-c4ccc(-c5ccncc5C)cc4)c4ccccc34)cc2)nc1. The van der Waals surface area contributed by atoms with Gasteiger partial charge in [-0.15, -0.1) is 0 Å². The number of benzene rings is 5. The van der Waals surface area contributed by atoms with Crippen LogP contribution < -0.4 is 0 Å². The zero-order valence-electron chi connectivity index (χ0n) is 22.6. The Bertz CT molecular complexity index is 1930. The molecule has 0 aliphatic heterocycles. The van der Waals surface area contributed by atoms with Crippen LogP contribution in [0.4, 0.5) is 0 Å². The molecule has 0 unspecified atom stereocenters. The molecule has 0 aliphatic rings. The Hall–Kier alpha value is -5.08. The predicted octanol–water partition coefficient (Wildman–Crippen LogP) is 10.1. The van der Waals surface area contributed by atoms with Gasteiger partial charge in [-0.05, 0) is 92.0 Å². The van der Waals surface area contributed by atoms with Gasteiger partial charge in [0, 0.05) is 24.2 Å². The molecule has 0 radical (unpaired) electrons. The molecule has 0 bridgehead atoms. The van der Waals surface area contributed by atoms with Crippen molar-refractivity contribution in [3.05, 3.63) is 145 Å². The smallest absolute Gasteiger partial charge is 0.0702 e. The second-order valence-corrected chi connectivity index (χ2v) is 10.4. The lowest BCUT2D eigenvalue weighted by Gasteiger charge is -2.18. The van der Waals surface area contributed by atoms with E-state index in [1.165, 1.54) is 66.1 Å². The molecule has 5 aromatic carbocycles. The number of pyridine rings is 2. The first-order chi connectivity index (χ1) is 19.7. The largest absolute Gasteiger partial charge is 0.264 e. The lowest BCUT2D eigenvalue weighted by atomic mass is 9.85. The summed E-state index contributed by atoms with van der Waals surface area (Å²) in [7, 11) is 0. The van der Waals surface area contributed by atoms with Crippen LogP contribution in [-0.4, -0.2) is 9.97 Å². The van der Waals surface area contributed by atoms with Crippen molar-refractivity contribution in [1.82, 2.24) is 9.97 Å². The molecule has 0 saturated heterocycles. The van der Waals surface area contributed by atoms with E-state index >= 15 is 0 Å². The van der Waals surface area contributed by atoms with Crippen LogP contribution in [-0.2, 0) is 0 Å². The molecular weight excluding hydrogens is 484 g/mol. The molecule has 0 saturated carbocycles. The molecule has 0 N–H and O–H groups in total. The third kappa shape index (κ3) is 4.15. The standard InChI is InChI=1S/C38H28N2/c1-25-11-20-36(40-23-25)28-14-18-30(19-15-28)38-34-9-5-3-7-32(34)37(33-8-4-6-10-35(33)38)29-16-12-27(13-17-29)31-21-22-39-24-26(31)2/h3-24H,1-2H3. The molecule has 190 valence electrons. The molecule has 2 heterocycles. The van der Waals surface area contributed by atoms with Gasteiger partial charge < -0.3 is 0 Å². The van der Waals surface area contributed by atoms with Gasteiger partial charge in [0.2, 0.25) is 0 Å². The van der Waals surface area contributed by atoms with Gasteiger partial charge in [0.05, 0.1) is 5.69 Å².